The van der Waals surface area contributed by atoms with Crippen molar-refractivity contribution in [3.8, 4) is 28.4 Å². The van der Waals surface area contributed by atoms with Gasteiger partial charge in [-0.05, 0) is 36.8 Å². The van der Waals surface area contributed by atoms with Crippen LogP contribution in [0.3, 0.4) is 0 Å². The van der Waals surface area contributed by atoms with E-state index in [0.29, 0.717) is 30.3 Å². The summed E-state index contributed by atoms with van der Waals surface area (Å²) in [6, 6.07) is 22.5. The van der Waals surface area contributed by atoms with Crippen molar-refractivity contribution in [1.29, 1.82) is 0 Å². The first-order valence-corrected chi connectivity index (χ1v) is 9.73. The molecule has 6 nitrogen and oxygen atoms in total. The molecule has 0 aliphatic rings. The van der Waals surface area contributed by atoms with Crippen LogP contribution in [-0.2, 0) is 4.84 Å². The Morgan fingerprint density at radius 2 is 1.60 bits per heavy atom. The third kappa shape index (κ3) is 5.52. The van der Waals surface area contributed by atoms with Crippen molar-refractivity contribution in [1.82, 2.24) is 5.48 Å². The van der Waals surface area contributed by atoms with E-state index in [1.807, 2.05) is 67.6 Å². The van der Waals surface area contributed by atoms with E-state index in [2.05, 4.69) is 5.48 Å². The molecule has 3 rings (SSSR count). The lowest BCUT2D eigenvalue weighted by Crippen LogP contribution is -2.26. The number of benzene rings is 3. The lowest BCUT2D eigenvalue weighted by atomic mass is 10.0. The van der Waals surface area contributed by atoms with Crippen LogP contribution in [0.25, 0.3) is 11.1 Å². The SMILES string of the molecule is CCOc1cc(C(=O)NOCCOc2ccccc2)cc(-c2ccccc2)c1OC. The maximum atomic E-state index is 12.6. The van der Waals surface area contributed by atoms with Crippen molar-refractivity contribution >= 4 is 5.91 Å². The van der Waals surface area contributed by atoms with Crippen molar-refractivity contribution in [2.45, 2.75) is 6.92 Å². The van der Waals surface area contributed by atoms with Gasteiger partial charge in [0.1, 0.15) is 19.0 Å². The minimum atomic E-state index is -0.379. The van der Waals surface area contributed by atoms with Crippen LogP contribution in [0.1, 0.15) is 17.3 Å². The fourth-order valence-corrected chi connectivity index (χ4v) is 2.93. The van der Waals surface area contributed by atoms with Crippen molar-refractivity contribution in [2.75, 3.05) is 26.9 Å². The van der Waals surface area contributed by atoms with Crippen molar-refractivity contribution in [2.24, 2.45) is 0 Å². The lowest BCUT2D eigenvalue weighted by molar-refractivity contribution is 0.0200. The van der Waals surface area contributed by atoms with E-state index in [4.69, 9.17) is 19.0 Å². The number of carbonyl (C=O) groups excluding carboxylic acids is 1. The molecule has 156 valence electrons. The van der Waals surface area contributed by atoms with Gasteiger partial charge in [-0.15, -0.1) is 0 Å². The number of methoxy groups -OCH3 is 1. The zero-order valence-electron chi connectivity index (χ0n) is 17.1. The summed E-state index contributed by atoms with van der Waals surface area (Å²) in [5.74, 6) is 1.45. The quantitative estimate of drug-likeness (QED) is 0.396. The zero-order chi connectivity index (χ0) is 21.2. The third-order valence-electron chi connectivity index (χ3n) is 4.27. The molecule has 0 saturated heterocycles. The summed E-state index contributed by atoms with van der Waals surface area (Å²) in [4.78, 5) is 17.9. The predicted molar refractivity (Wildman–Crippen MR) is 115 cm³/mol. The number of amides is 1. The molecular weight excluding hydrogens is 382 g/mol. The molecule has 3 aromatic rings. The number of hydrogen-bond donors (Lipinski definition) is 1. The fourth-order valence-electron chi connectivity index (χ4n) is 2.93. The summed E-state index contributed by atoms with van der Waals surface area (Å²) >= 11 is 0. The summed E-state index contributed by atoms with van der Waals surface area (Å²) < 4.78 is 16.8. The highest BCUT2D eigenvalue weighted by Crippen LogP contribution is 2.39. The molecule has 1 amide bonds. The van der Waals surface area contributed by atoms with Crippen LogP contribution in [0.5, 0.6) is 17.2 Å². The van der Waals surface area contributed by atoms with Crippen LogP contribution < -0.4 is 19.7 Å². The molecule has 0 aliphatic heterocycles. The number of hydroxylamine groups is 1. The lowest BCUT2D eigenvalue weighted by Gasteiger charge is -2.16. The molecule has 0 fully saturated rings. The highest BCUT2D eigenvalue weighted by atomic mass is 16.7. The molecule has 30 heavy (non-hydrogen) atoms. The second-order valence-corrected chi connectivity index (χ2v) is 6.30. The van der Waals surface area contributed by atoms with Gasteiger partial charge < -0.3 is 14.2 Å². The largest absolute Gasteiger partial charge is 0.492 e. The highest BCUT2D eigenvalue weighted by Gasteiger charge is 2.18. The Labute approximate surface area is 176 Å². The molecule has 3 aromatic carbocycles. The molecule has 0 spiro atoms. The Hall–Kier alpha value is -3.51. The molecule has 0 heterocycles. The molecule has 0 saturated carbocycles. The number of nitrogens with one attached hydrogen (secondary N) is 1. The maximum absolute atomic E-state index is 12.6. The van der Waals surface area contributed by atoms with Gasteiger partial charge in [0.15, 0.2) is 11.5 Å². The number of carbonyl (C=O) groups is 1. The highest BCUT2D eigenvalue weighted by molar-refractivity contribution is 5.96. The standard InChI is InChI=1S/C24H25NO5/c1-3-28-22-17-19(16-21(23(22)27-2)18-10-6-4-7-11-18)24(26)25-30-15-14-29-20-12-8-5-9-13-20/h4-13,16-17H,3,14-15H2,1-2H3,(H,25,26). The van der Waals surface area contributed by atoms with Gasteiger partial charge in [-0.25, -0.2) is 5.48 Å². The number of hydrogen-bond acceptors (Lipinski definition) is 5. The van der Waals surface area contributed by atoms with Crippen LogP contribution in [0, 0.1) is 0 Å². The first kappa shape index (κ1) is 21.2. The van der Waals surface area contributed by atoms with E-state index in [-0.39, 0.29) is 12.5 Å². The van der Waals surface area contributed by atoms with Crippen molar-refractivity contribution in [3.05, 3.63) is 78.4 Å². The van der Waals surface area contributed by atoms with Gasteiger partial charge in [0.25, 0.3) is 5.91 Å². The van der Waals surface area contributed by atoms with Crippen LogP contribution in [-0.4, -0.2) is 32.8 Å². The van der Waals surface area contributed by atoms with E-state index in [0.717, 1.165) is 16.9 Å². The van der Waals surface area contributed by atoms with Crippen molar-refractivity contribution < 1.29 is 23.8 Å². The van der Waals surface area contributed by atoms with Gasteiger partial charge in [-0.1, -0.05) is 48.5 Å². The summed E-state index contributed by atoms with van der Waals surface area (Å²) in [6.45, 7) is 2.85. The van der Waals surface area contributed by atoms with Gasteiger partial charge in [0.05, 0.1) is 13.7 Å². The minimum Gasteiger partial charge on any atom is -0.492 e. The predicted octanol–water partition coefficient (Wildman–Crippen LogP) is 4.50. The maximum Gasteiger partial charge on any atom is 0.275 e. The second kappa shape index (κ2) is 10.9. The normalized spacial score (nSPS) is 10.3. The Balaban J connectivity index is 1.69. The molecule has 0 radical (unpaired) electrons. The molecule has 0 bridgehead atoms. The summed E-state index contributed by atoms with van der Waals surface area (Å²) in [7, 11) is 1.58. The molecule has 6 heteroatoms. The Morgan fingerprint density at radius 1 is 0.900 bits per heavy atom. The topological polar surface area (TPSA) is 66.0 Å². The van der Waals surface area contributed by atoms with Gasteiger partial charge in [0.2, 0.25) is 0 Å². The van der Waals surface area contributed by atoms with Gasteiger partial charge in [-0.2, -0.15) is 0 Å². The van der Waals surface area contributed by atoms with Gasteiger partial charge >= 0.3 is 0 Å². The van der Waals surface area contributed by atoms with Crippen LogP contribution in [0.2, 0.25) is 0 Å². The fraction of sp³-hybridized carbons (Fsp3) is 0.208. The summed E-state index contributed by atoms with van der Waals surface area (Å²) in [6.07, 6.45) is 0. The van der Waals surface area contributed by atoms with E-state index >= 15 is 0 Å². The smallest absolute Gasteiger partial charge is 0.275 e. The Kier molecular flexibility index (Phi) is 7.69. The van der Waals surface area contributed by atoms with E-state index in [9.17, 15) is 4.79 Å². The van der Waals surface area contributed by atoms with Crippen LogP contribution >= 0.6 is 0 Å². The molecular formula is C24H25NO5. The molecule has 0 unspecified atom stereocenters. The molecule has 0 atom stereocenters. The van der Waals surface area contributed by atoms with Crippen LogP contribution in [0.4, 0.5) is 0 Å². The average molecular weight is 407 g/mol. The van der Waals surface area contributed by atoms with Gasteiger partial charge in [-0.3, -0.25) is 9.63 Å². The first-order chi connectivity index (χ1) is 14.7. The third-order valence-corrected chi connectivity index (χ3v) is 4.27. The van der Waals surface area contributed by atoms with Crippen LogP contribution in [0.15, 0.2) is 72.8 Å². The minimum absolute atomic E-state index is 0.209. The Morgan fingerprint density at radius 3 is 2.27 bits per heavy atom. The zero-order valence-corrected chi connectivity index (χ0v) is 17.1. The number of ether oxygens (including phenoxy) is 3. The molecule has 1 N–H and O–H groups in total. The summed E-state index contributed by atoms with van der Waals surface area (Å²) in [5.41, 5.74) is 4.54. The average Bonchev–Trinajstić information content (AvgIpc) is 2.79. The monoisotopic (exact) mass is 407 g/mol. The van der Waals surface area contributed by atoms with E-state index in [1.54, 1.807) is 19.2 Å². The second-order valence-electron chi connectivity index (χ2n) is 6.30. The van der Waals surface area contributed by atoms with E-state index < -0.39 is 0 Å². The number of rotatable bonds is 10. The number of para-hydroxylation sites is 1. The van der Waals surface area contributed by atoms with Crippen molar-refractivity contribution in [3.63, 3.8) is 0 Å². The van der Waals surface area contributed by atoms with E-state index in [1.165, 1.54) is 0 Å². The summed E-state index contributed by atoms with van der Waals surface area (Å²) in [5, 5.41) is 0. The van der Waals surface area contributed by atoms with Gasteiger partial charge in [0, 0.05) is 11.1 Å². The molecule has 0 aliphatic carbocycles. The Bertz CT molecular complexity index is 945. The molecule has 0 aromatic heterocycles. The first-order valence-electron chi connectivity index (χ1n) is 9.73.